The Morgan fingerprint density at radius 2 is 2.05 bits per heavy atom. The fourth-order valence-electron chi connectivity index (χ4n) is 2.03. The molecular weight excluding hydrogens is 287 g/mol. The molecule has 2 aromatic rings. The molecule has 0 bridgehead atoms. The van der Waals surface area contributed by atoms with Crippen molar-refractivity contribution in [2.75, 3.05) is 19.4 Å². The second-order valence-electron chi connectivity index (χ2n) is 4.47. The summed E-state index contributed by atoms with van der Waals surface area (Å²) >= 11 is 1.67. The van der Waals surface area contributed by atoms with E-state index >= 15 is 0 Å². The van der Waals surface area contributed by atoms with Crippen molar-refractivity contribution < 1.29 is 9.13 Å². The first-order chi connectivity index (χ1) is 10.2. The van der Waals surface area contributed by atoms with Gasteiger partial charge in [0.05, 0.1) is 18.8 Å². The van der Waals surface area contributed by atoms with Crippen LogP contribution in [0.25, 0.3) is 0 Å². The van der Waals surface area contributed by atoms with Crippen LogP contribution in [0.4, 0.5) is 4.39 Å². The van der Waals surface area contributed by atoms with Gasteiger partial charge < -0.3 is 10.1 Å². The minimum Gasteiger partial charge on any atom is -0.495 e. The Morgan fingerprint density at radius 3 is 2.71 bits per heavy atom. The van der Waals surface area contributed by atoms with E-state index in [0.717, 1.165) is 28.6 Å². The SMILES string of the molecule is CCNC(CSc1ccc(F)cc1)c1ncccc1OC. The molecule has 1 N–H and O–H groups in total. The molecule has 0 amide bonds. The Bertz CT molecular complexity index is 562. The van der Waals surface area contributed by atoms with Gasteiger partial charge in [0.1, 0.15) is 11.6 Å². The number of ether oxygens (including phenoxy) is 1. The molecule has 0 spiro atoms. The van der Waals surface area contributed by atoms with E-state index in [9.17, 15) is 4.39 Å². The molecule has 0 saturated heterocycles. The highest BCUT2D eigenvalue weighted by Gasteiger charge is 2.16. The molecule has 0 radical (unpaired) electrons. The number of nitrogens with one attached hydrogen (secondary N) is 1. The first-order valence-electron chi connectivity index (χ1n) is 6.85. The zero-order valence-corrected chi connectivity index (χ0v) is 13.0. The molecule has 5 heteroatoms. The van der Waals surface area contributed by atoms with Crippen molar-refractivity contribution in [1.29, 1.82) is 0 Å². The zero-order valence-electron chi connectivity index (χ0n) is 12.2. The van der Waals surface area contributed by atoms with Crippen molar-refractivity contribution in [1.82, 2.24) is 10.3 Å². The van der Waals surface area contributed by atoms with Gasteiger partial charge in [-0.25, -0.2) is 4.39 Å². The third-order valence-electron chi connectivity index (χ3n) is 3.03. The first-order valence-corrected chi connectivity index (χ1v) is 7.83. The Kier molecular flexibility index (Phi) is 6.02. The molecule has 1 unspecified atom stereocenters. The number of aromatic nitrogens is 1. The summed E-state index contributed by atoms with van der Waals surface area (Å²) in [6.07, 6.45) is 1.77. The summed E-state index contributed by atoms with van der Waals surface area (Å²) in [5.74, 6) is 1.37. The lowest BCUT2D eigenvalue weighted by Gasteiger charge is -2.19. The molecule has 1 aromatic heterocycles. The van der Waals surface area contributed by atoms with Crippen molar-refractivity contribution in [2.24, 2.45) is 0 Å². The maximum atomic E-state index is 12.9. The van der Waals surface area contributed by atoms with Crippen LogP contribution >= 0.6 is 11.8 Å². The number of methoxy groups -OCH3 is 1. The Morgan fingerprint density at radius 1 is 1.29 bits per heavy atom. The van der Waals surface area contributed by atoms with Crippen LogP contribution in [0.15, 0.2) is 47.5 Å². The largest absolute Gasteiger partial charge is 0.495 e. The van der Waals surface area contributed by atoms with E-state index in [4.69, 9.17) is 4.74 Å². The number of hydrogen-bond acceptors (Lipinski definition) is 4. The number of thioether (sulfide) groups is 1. The van der Waals surface area contributed by atoms with Crippen LogP contribution in [0.3, 0.4) is 0 Å². The van der Waals surface area contributed by atoms with Gasteiger partial charge >= 0.3 is 0 Å². The van der Waals surface area contributed by atoms with Gasteiger partial charge in [-0.3, -0.25) is 4.98 Å². The predicted molar refractivity (Wildman–Crippen MR) is 84.3 cm³/mol. The van der Waals surface area contributed by atoms with Crippen LogP contribution in [-0.2, 0) is 0 Å². The quantitative estimate of drug-likeness (QED) is 0.791. The maximum absolute atomic E-state index is 12.9. The van der Waals surface area contributed by atoms with Gasteiger partial charge in [-0.15, -0.1) is 11.8 Å². The summed E-state index contributed by atoms with van der Waals surface area (Å²) in [4.78, 5) is 5.47. The number of nitrogens with zero attached hydrogens (tertiary/aromatic N) is 1. The van der Waals surface area contributed by atoms with Crippen LogP contribution < -0.4 is 10.1 Å². The standard InChI is InChI=1S/C16H19FN2OS/c1-3-18-14(16-15(20-2)5-4-10-19-16)11-21-13-8-6-12(17)7-9-13/h4-10,14,18H,3,11H2,1-2H3. The van der Waals surface area contributed by atoms with Crippen LogP contribution in [0, 0.1) is 5.82 Å². The normalized spacial score (nSPS) is 12.1. The molecule has 0 aliphatic rings. The lowest BCUT2D eigenvalue weighted by atomic mass is 10.2. The Labute approximate surface area is 128 Å². The third-order valence-corrected chi connectivity index (χ3v) is 4.14. The van der Waals surface area contributed by atoms with Crippen LogP contribution in [-0.4, -0.2) is 24.4 Å². The number of benzene rings is 1. The molecule has 0 saturated carbocycles. The average Bonchev–Trinajstić information content (AvgIpc) is 2.53. The lowest BCUT2D eigenvalue weighted by Crippen LogP contribution is -2.24. The Hall–Kier alpha value is -1.59. The molecule has 0 aliphatic heterocycles. The summed E-state index contributed by atoms with van der Waals surface area (Å²) in [5.41, 5.74) is 0.900. The van der Waals surface area contributed by atoms with Gasteiger partial charge in [0.2, 0.25) is 0 Å². The maximum Gasteiger partial charge on any atom is 0.142 e. The first kappa shape index (κ1) is 15.8. The van der Waals surface area contributed by atoms with Gasteiger partial charge in [-0.05, 0) is 42.9 Å². The summed E-state index contributed by atoms with van der Waals surface area (Å²) in [7, 11) is 1.65. The zero-order chi connectivity index (χ0) is 15.1. The van der Waals surface area contributed by atoms with E-state index in [0.29, 0.717) is 0 Å². The third kappa shape index (κ3) is 4.44. The van der Waals surface area contributed by atoms with Gasteiger partial charge in [-0.1, -0.05) is 6.92 Å². The molecule has 0 aliphatic carbocycles. The second kappa shape index (κ2) is 8.00. The highest BCUT2D eigenvalue weighted by molar-refractivity contribution is 7.99. The number of pyridine rings is 1. The van der Waals surface area contributed by atoms with Crippen LogP contribution in [0.2, 0.25) is 0 Å². The molecule has 112 valence electrons. The molecule has 3 nitrogen and oxygen atoms in total. The highest BCUT2D eigenvalue weighted by atomic mass is 32.2. The van der Waals surface area contributed by atoms with Crippen LogP contribution in [0.1, 0.15) is 18.7 Å². The van der Waals surface area contributed by atoms with Gasteiger partial charge in [0.15, 0.2) is 0 Å². The molecule has 1 atom stereocenters. The minimum atomic E-state index is -0.214. The van der Waals surface area contributed by atoms with Crippen molar-refractivity contribution >= 4 is 11.8 Å². The van der Waals surface area contributed by atoms with Crippen molar-refractivity contribution in [3.8, 4) is 5.75 Å². The molecule has 0 fully saturated rings. The minimum absolute atomic E-state index is 0.0844. The molecule has 1 heterocycles. The van der Waals surface area contributed by atoms with Gasteiger partial charge in [0.25, 0.3) is 0 Å². The fraction of sp³-hybridized carbons (Fsp3) is 0.312. The summed E-state index contributed by atoms with van der Waals surface area (Å²) in [6, 6.07) is 10.4. The van der Waals surface area contributed by atoms with E-state index in [1.807, 2.05) is 12.1 Å². The monoisotopic (exact) mass is 306 g/mol. The summed E-state index contributed by atoms with van der Waals surface area (Å²) < 4.78 is 18.3. The van der Waals surface area contributed by atoms with Gasteiger partial charge in [-0.2, -0.15) is 0 Å². The highest BCUT2D eigenvalue weighted by Crippen LogP contribution is 2.28. The van der Waals surface area contributed by atoms with E-state index in [1.54, 1.807) is 37.2 Å². The van der Waals surface area contributed by atoms with Crippen molar-refractivity contribution in [3.63, 3.8) is 0 Å². The van der Waals surface area contributed by atoms with Gasteiger partial charge in [0, 0.05) is 16.8 Å². The molecular formula is C16H19FN2OS. The predicted octanol–water partition coefficient (Wildman–Crippen LogP) is 3.67. The lowest BCUT2D eigenvalue weighted by molar-refractivity contribution is 0.398. The van der Waals surface area contributed by atoms with Crippen molar-refractivity contribution in [2.45, 2.75) is 17.9 Å². The topological polar surface area (TPSA) is 34.2 Å². The molecule has 21 heavy (non-hydrogen) atoms. The summed E-state index contributed by atoms with van der Waals surface area (Å²) in [5, 5.41) is 3.42. The number of halogens is 1. The van der Waals surface area contributed by atoms with E-state index < -0.39 is 0 Å². The van der Waals surface area contributed by atoms with E-state index in [1.165, 1.54) is 12.1 Å². The smallest absolute Gasteiger partial charge is 0.142 e. The summed E-state index contributed by atoms with van der Waals surface area (Å²) in [6.45, 7) is 2.90. The molecule has 1 aromatic carbocycles. The number of hydrogen-bond donors (Lipinski definition) is 1. The Balaban J connectivity index is 2.10. The van der Waals surface area contributed by atoms with Crippen molar-refractivity contribution in [3.05, 3.63) is 54.1 Å². The molecule has 2 rings (SSSR count). The van der Waals surface area contributed by atoms with E-state index in [-0.39, 0.29) is 11.9 Å². The van der Waals surface area contributed by atoms with E-state index in [2.05, 4.69) is 17.2 Å². The number of rotatable bonds is 7. The second-order valence-corrected chi connectivity index (χ2v) is 5.56. The average molecular weight is 306 g/mol. The fourth-order valence-corrected chi connectivity index (χ4v) is 2.99. The van der Waals surface area contributed by atoms with Crippen LogP contribution in [0.5, 0.6) is 5.75 Å².